The maximum atomic E-state index is 4.71. The second kappa shape index (κ2) is 10.1. The van der Waals surface area contributed by atoms with E-state index in [-0.39, 0.29) is 0 Å². The van der Waals surface area contributed by atoms with Gasteiger partial charge in [0.1, 0.15) is 5.82 Å². The minimum Gasteiger partial charge on any atom is -0.357 e. The number of guanidine groups is 1. The van der Waals surface area contributed by atoms with Crippen LogP contribution in [0.3, 0.4) is 0 Å². The fourth-order valence-corrected chi connectivity index (χ4v) is 4.18. The molecule has 6 heteroatoms. The highest BCUT2D eigenvalue weighted by Gasteiger charge is 2.31. The van der Waals surface area contributed by atoms with Gasteiger partial charge in [-0.3, -0.25) is 9.89 Å². The third-order valence-electron chi connectivity index (χ3n) is 6.12. The Bertz CT molecular complexity index is 618. The van der Waals surface area contributed by atoms with Crippen LogP contribution in [0, 0.1) is 5.92 Å². The van der Waals surface area contributed by atoms with Gasteiger partial charge in [0.15, 0.2) is 5.96 Å². The number of likely N-dealkylation sites (tertiary alicyclic amines) is 1. The van der Waals surface area contributed by atoms with E-state index >= 15 is 0 Å². The molecule has 0 aromatic carbocycles. The maximum absolute atomic E-state index is 4.71. The molecule has 156 valence electrons. The molecular formula is C22H38N6. The molecule has 2 saturated heterocycles. The molecule has 1 aromatic rings. The lowest BCUT2D eigenvalue weighted by atomic mass is 10.1. The molecule has 2 unspecified atom stereocenters. The number of pyridine rings is 1. The van der Waals surface area contributed by atoms with Gasteiger partial charge in [0.05, 0.1) is 0 Å². The second-order valence-electron chi connectivity index (χ2n) is 8.63. The molecule has 0 bridgehead atoms. The Morgan fingerprint density at radius 3 is 2.50 bits per heavy atom. The van der Waals surface area contributed by atoms with Gasteiger partial charge in [-0.1, -0.05) is 25.8 Å². The van der Waals surface area contributed by atoms with Gasteiger partial charge in [-0.25, -0.2) is 4.98 Å². The normalized spacial score (nSPS) is 24.5. The van der Waals surface area contributed by atoms with Crippen molar-refractivity contribution in [3.63, 3.8) is 0 Å². The molecule has 0 saturated carbocycles. The van der Waals surface area contributed by atoms with Gasteiger partial charge in [0.25, 0.3) is 0 Å². The zero-order valence-corrected chi connectivity index (χ0v) is 18.1. The molecule has 2 atom stereocenters. The van der Waals surface area contributed by atoms with Crippen LogP contribution in [0.25, 0.3) is 0 Å². The quantitative estimate of drug-likeness (QED) is 0.602. The number of nitrogens with one attached hydrogen (secondary N) is 2. The third kappa shape index (κ3) is 5.60. The van der Waals surface area contributed by atoms with Gasteiger partial charge in [-0.05, 0) is 44.2 Å². The van der Waals surface area contributed by atoms with E-state index in [4.69, 9.17) is 4.98 Å². The lowest BCUT2D eigenvalue weighted by Crippen LogP contribution is -2.46. The predicted octanol–water partition coefficient (Wildman–Crippen LogP) is 2.86. The summed E-state index contributed by atoms with van der Waals surface area (Å²) in [6.07, 6.45) is 7.25. The van der Waals surface area contributed by atoms with E-state index in [0.29, 0.717) is 18.0 Å². The molecular weight excluding hydrogens is 348 g/mol. The van der Waals surface area contributed by atoms with Gasteiger partial charge < -0.3 is 15.5 Å². The van der Waals surface area contributed by atoms with Crippen LogP contribution >= 0.6 is 0 Å². The van der Waals surface area contributed by atoms with Gasteiger partial charge in [-0.15, -0.1) is 0 Å². The van der Waals surface area contributed by atoms with Crippen molar-refractivity contribution in [1.29, 1.82) is 0 Å². The summed E-state index contributed by atoms with van der Waals surface area (Å²) in [6.45, 7) is 12.1. The van der Waals surface area contributed by atoms with Crippen LogP contribution in [0.5, 0.6) is 0 Å². The lowest BCUT2D eigenvalue weighted by molar-refractivity contribution is 0.265. The predicted molar refractivity (Wildman–Crippen MR) is 118 cm³/mol. The molecule has 0 spiro atoms. The number of aliphatic imine (C=N–C) groups is 1. The van der Waals surface area contributed by atoms with Crippen molar-refractivity contribution in [2.45, 2.75) is 65.1 Å². The van der Waals surface area contributed by atoms with Crippen molar-refractivity contribution in [3.8, 4) is 0 Å². The number of anilines is 1. The van der Waals surface area contributed by atoms with Crippen molar-refractivity contribution in [2.75, 3.05) is 38.1 Å². The molecule has 0 amide bonds. The van der Waals surface area contributed by atoms with Gasteiger partial charge in [0, 0.05) is 58.1 Å². The Labute approximate surface area is 170 Å². The Morgan fingerprint density at radius 2 is 1.93 bits per heavy atom. The number of nitrogens with zero attached hydrogens (tertiary/aromatic N) is 4. The molecule has 2 aliphatic rings. The van der Waals surface area contributed by atoms with E-state index in [2.05, 4.69) is 58.3 Å². The van der Waals surface area contributed by atoms with E-state index in [9.17, 15) is 0 Å². The van der Waals surface area contributed by atoms with E-state index in [1.54, 1.807) is 0 Å². The van der Waals surface area contributed by atoms with Crippen LogP contribution in [0.1, 0.15) is 52.0 Å². The fourth-order valence-electron chi connectivity index (χ4n) is 4.18. The van der Waals surface area contributed by atoms with Crippen molar-refractivity contribution in [1.82, 2.24) is 20.5 Å². The summed E-state index contributed by atoms with van der Waals surface area (Å²) in [4.78, 5) is 14.1. The minimum absolute atomic E-state index is 0.442. The molecule has 2 aliphatic heterocycles. The van der Waals surface area contributed by atoms with Crippen molar-refractivity contribution < 1.29 is 0 Å². The van der Waals surface area contributed by atoms with E-state index in [1.807, 2.05) is 13.2 Å². The fraction of sp³-hybridized carbons (Fsp3) is 0.727. The van der Waals surface area contributed by atoms with Crippen LogP contribution in [-0.2, 0) is 6.54 Å². The van der Waals surface area contributed by atoms with Gasteiger partial charge >= 0.3 is 0 Å². The van der Waals surface area contributed by atoms with Crippen LogP contribution in [0.15, 0.2) is 23.3 Å². The average molecular weight is 387 g/mol. The summed E-state index contributed by atoms with van der Waals surface area (Å²) in [5.41, 5.74) is 1.18. The highest BCUT2D eigenvalue weighted by molar-refractivity contribution is 5.80. The van der Waals surface area contributed by atoms with Crippen molar-refractivity contribution in [3.05, 3.63) is 23.9 Å². The molecule has 2 N–H and O–H groups in total. The number of rotatable bonds is 5. The number of aromatic nitrogens is 1. The summed E-state index contributed by atoms with van der Waals surface area (Å²) < 4.78 is 0. The first kappa shape index (κ1) is 20.9. The summed E-state index contributed by atoms with van der Waals surface area (Å²) >= 11 is 0. The average Bonchev–Trinajstić information content (AvgIpc) is 2.90. The van der Waals surface area contributed by atoms with Gasteiger partial charge in [-0.2, -0.15) is 0 Å². The molecule has 2 fully saturated rings. The summed E-state index contributed by atoms with van der Waals surface area (Å²) in [6, 6.07) is 5.39. The highest BCUT2D eigenvalue weighted by Crippen LogP contribution is 2.19. The standard InChI is InChI=1S/C22H38N6/c1-17(2)28-15-18(3)20(16-28)26-22(23-4)25-14-19-9-10-21(24-13-19)27-11-7-5-6-8-12-27/h9-10,13,17-18,20H,5-8,11-12,14-16H2,1-4H3,(H2,23,25,26). The molecule has 3 heterocycles. The van der Waals surface area contributed by atoms with Crippen LogP contribution in [0.4, 0.5) is 5.82 Å². The first-order valence-corrected chi connectivity index (χ1v) is 11.0. The smallest absolute Gasteiger partial charge is 0.191 e. The zero-order chi connectivity index (χ0) is 19.9. The molecule has 0 aliphatic carbocycles. The summed E-state index contributed by atoms with van der Waals surface area (Å²) in [5.74, 6) is 2.61. The monoisotopic (exact) mass is 386 g/mol. The maximum Gasteiger partial charge on any atom is 0.191 e. The topological polar surface area (TPSA) is 55.8 Å². The molecule has 1 aromatic heterocycles. The Kier molecular flexibility index (Phi) is 7.54. The van der Waals surface area contributed by atoms with Crippen LogP contribution in [0.2, 0.25) is 0 Å². The van der Waals surface area contributed by atoms with E-state index in [0.717, 1.165) is 44.5 Å². The summed E-state index contributed by atoms with van der Waals surface area (Å²) in [5, 5.41) is 7.06. The minimum atomic E-state index is 0.442. The Morgan fingerprint density at radius 1 is 1.18 bits per heavy atom. The van der Waals surface area contributed by atoms with Crippen molar-refractivity contribution >= 4 is 11.8 Å². The SMILES string of the molecule is CN=C(NCc1ccc(N2CCCCCC2)nc1)NC1CN(C(C)C)CC1C. The Hall–Kier alpha value is -1.82. The first-order chi connectivity index (χ1) is 13.6. The van der Waals surface area contributed by atoms with Crippen LogP contribution < -0.4 is 15.5 Å². The van der Waals surface area contributed by atoms with Crippen molar-refractivity contribution in [2.24, 2.45) is 10.9 Å². The second-order valence-corrected chi connectivity index (χ2v) is 8.63. The van der Waals surface area contributed by atoms with Gasteiger partial charge in [0.2, 0.25) is 0 Å². The molecule has 6 nitrogen and oxygen atoms in total. The molecule has 28 heavy (non-hydrogen) atoms. The summed E-state index contributed by atoms with van der Waals surface area (Å²) in [7, 11) is 1.84. The third-order valence-corrected chi connectivity index (χ3v) is 6.12. The Balaban J connectivity index is 1.49. The number of hydrogen-bond donors (Lipinski definition) is 2. The lowest BCUT2D eigenvalue weighted by Gasteiger charge is -2.22. The van der Waals surface area contributed by atoms with Crippen LogP contribution in [-0.4, -0.2) is 61.2 Å². The highest BCUT2D eigenvalue weighted by atomic mass is 15.3. The van der Waals surface area contributed by atoms with E-state index in [1.165, 1.54) is 31.2 Å². The number of hydrogen-bond acceptors (Lipinski definition) is 4. The zero-order valence-electron chi connectivity index (χ0n) is 18.1. The first-order valence-electron chi connectivity index (χ1n) is 11.0. The molecule has 3 rings (SSSR count). The largest absolute Gasteiger partial charge is 0.357 e. The molecule has 0 radical (unpaired) electrons. The van der Waals surface area contributed by atoms with E-state index < -0.39 is 0 Å².